The summed E-state index contributed by atoms with van der Waals surface area (Å²) >= 11 is 0. The minimum Gasteiger partial charge on any atom is -0.469 e. The van der Waals surface area contributed by atoms with Crippen LogP contribution in [0.3, 0.4) is 0 Å². The maximum atomic E-state index is 13.0. The predicted octanol–water partition coefficient (Wildman–Crippen LogP) is 4.14. The number of hydrogen-bond acceptors (Lipinski definition) is 2. The van der Waals surface area contributed by atoms with Gasteiger partial charge >= 0.3 is 5.97 Å². The van der Waals surface area contributed by atoms with E-state index in [2.05, 4.69) is 0 Å². The summed E-state index contributed by atoms with van der Waals surface area (Å²) in [5.41, 5.74) is 1.31. The first-order chi connectivity index (χ1) is 12.6. The Kier molecular flexibility index (Phi) is 1.81. The number of hydrogen-bond donors (Lipinski definition) is 0. The Balaban J connectivity index is 1.33. The minimum absolute atomic E-state index is 0.0684. The van der Waals surface area contributed by atoms with Gasteiger partial charge in [0.25, 0.3) is 0 Å². The van der Waals surface area contributed by atoms with Crippen molar-refractivity contribution in [2.75, 3.05) is 7.11 Å². The quantitative estimate of drug-likeness (QED) is 0.665. The molecule has 0 aromatic carbocycles. The highest BCUT2D eigenvalue weighted by Gasteiger charge is 2.88. The highest BCUT2D eigenvalue weighted by atomic mass is 16.5. The van der Waals surface area contributed by atoms with Gasteiger partial charge in [-0.05, 0) is 127 Å². The summed E-state index contributed by atoms with van der Waals surface area (Å²) in [6.07, 6.45) is 11.6. The summed E-state index contributed by atoms with van der Waals surface area (Å²) in [4.78, 5) is 13.0. The van der Waals surface area contributed by atoms with E-state index in [9.17, 15) is 4.79 Å². The van der Waals surface area contributed by atoms with Crippen LogP contribution in [0.4, 0.5) is 0 Å². The molecule has 0 heterocycles. The summed E-state index contributed by atoms with van der Waals surface area (Å²) in [5, 5.41) is 0. The molecular weight excluding hydrogens is 320 g/mol. The third-order valence-electron chi connectivity index (χ3n) is 13.1. The lowest BCUT2D eigenvalue weighted by Crippen LogP contribution is -2.86. The molecule has 13 saturated carbocycles. The van der Waals surface area contributed by atoms with Gasteiger partial charge in [0, 0.05) is 0 Å². The zero-order valence-electron chi connectivity index (χ0n) is 15.8. The van der Waals surface area contributed by atoms with Gasteiger partial charge in [-0.2, -0.15) is 0 Å². The van der Waals surface area contributed by atoms with Crippen LogP contribution in [0.5, 0.6) is 0 Å². The smallest absolute Gasteiger partial charge is 0.311 e. The van der Waals surface area contributed by atoms with Crippen molar-refractivity contribution in [1.29, 1.82) is 0 Å². The second-order valence-corrected chi connectivity index (χ2v) is 12.9. The molecule has 0 saturated heterocycles. The van der Waals surface area contributed by atoms with Gasteiger partial charge in [-0.1, -0.05) is 0 Å². The van der Waals surface area contributed by atoms with Crippen LogP contribution in [0.1, 0.15) is 51.4 Å². The molecule has 0 amide bonds. The molecule has 14 bridgehead atoms. The van der Waals surface area contributed by atoms with Crippen LogP contribution in [-0.2, 0) is 9.53 Å². The first-order valence-corrected chi connectivity index (χ1v) is 11.7. The number of ether oxygens (including phenoxy) is 1. The Morgan fingerprint density at radius 3 is 1.96 bits per heavy atom. The van der Waals surface area contributed by atoms with Crippen molar-refractivity contribution in [2.24, 2.45) is 81.3 Å². The van der Waals surface area contributed by atoms with E-state index in [1.807, 2.05) is 0 Å². The maximum Gasteiger partial charge on any atom is 0.311 e. The number of carbonyl (C=O) groups is 1. The molecule has 2 heteroatoms. The maximum absolute atomic E-state index is 13.0. The largest absolute Gasteiger partial charge is 0.469 e. The Labute approximate surface area is 155 Å². The van der Waals surface area contributed by atoms with Gasteiger partial charge in [0.05, 0.1) is 12.5 Å². The summed E-state index contributed by atoms with van der Waals surface area (Å²) < 4.78 is 5.44. The van der Waals surface area contributed by atoms with Gasteiger partial charge in [-0.3, -0.25) is 4.79 Å². The van der Waals surface area contributed by atoms with Crippen molar-refractivity contribution >= 4 is 5.97 Å². The molecule has 0 radical (unpaired) electrons. The van der Waals surface area contributed by atoms with Crippen LogP contribution < -0.4 is 0 Å². The Morgan fingerprint density at radius 1 is 0.731 bits per heavy atom. The van der Waals surface area contributed by atoms with Crippen molar-refractivity contribution in [2.45, 2.75) is 51.4 Å². The van der Waals surface area contributed by atoms with Crippen molar-refractivity contribution in [1.82, 2.24) is 0 Å². The van der Waals surface area contributed by atoms with E-state index in [4.69, 9.17) is 4.74 Å². The highest BCUT2D eigenvalue weighted by Crippen LogP contribution is 2.93. The summed E-state index contributed by atoms with van der Waals surface area (Å²) in [6.45, 7) is 0. The summed E-state index contributed by atoms with van der Waals surface area (Å²) in [6, 6.07) is 0. The number of carbonyl (C=O) groups excluding carboxylic acids is 1. The first-order valence-electron chi connectivity index (χ1n) is 11.7. The fraction of sp³-hybridized carbons (Fsp3) is 0.958. The van der Waals surface area contributed by atoms with E-state index >= 15 is 0 Å². The zero-order chi connectivity index (χ0) is 16.8. The van der Waals surface area contributed by atoms with Crippen molar-refractivity contribution in [3.05, 3.63) is 0 Å². The van der Waals surface area contributed by atoms with Crippen LogP contribution in [0, 0.1) is 81.3 Å². The SMILES string of the molecule is COC(=O)C12CC3C4CC56CC7CC8C9CC(C1)(C3C85)C(C4C2)C6C9C7. The van der Waals surface area contributed by atoms with E-state index in [1.54, 1.807) is 32.8 Å². The van der Waals surface area contributed by atoms with Crippen LogP contribution in [-0.4, -0.2) is 13.1 Å². The fourth-order valence-corrected chi connectivity index (χ4v) is 14.0. The molecule has 26 heavy (non-hydrogen) atoms. The summed E-state index contributed by atoms with van der Waals surface area (Å²) in [5.74, 6) is 11.6. The van der Waals surface area contributed by atoms with Crippen molar-refractivity contribution in [3.63, 3.8) is 0 Å². The van der Waals surface area contributed by atoms with Crippen LogP contribution >= 0.6 is 0 Å². The lowest BCUT2D eigenvalue weighted by Gasteiger charge is -2.91. The third kappa shape index (κ3) is 0.971. The molecule has 13 aliphatic carbocycles. The fourth-order valence-electron chi connectivity index (χ4n) is 14.0. The molecule has 13 aliphatic rings. The summed E-state index contributed by atoms with van der Waals surface area (Å²) in [7, 11) is 1.65. The zero-order valence-corrected chi connectivity index (χ0v) is 15.8. The van der Waals surface area contributed by atoms with Crippen LogP contribution in [0.2, 0.25) is 0 Å². The predicted molar refractivity (Wildman–Crippen MR) is 94.6 cm³/mol. The second kappa shape index (κ2) is 3.45. The average Bonchev–Trinajstić information content (AvgIpc) is 2.65. The molecule has 0 aromatic heterocycles. The third-order valence-corrected chi connectivity index (χ3v) is 13.1. The van der Waals surface area contributed by atoms with Crippen LogP contribution in [0.25, 0.3) is 0 Å². The molecule has 0 N–H and O–H groups in total. The Hall–Kier alpha value is -0.530. The van der Waals surface area contributed by atoms with Gasteiger partial charge in [0.15, 0.2) is 0 Å². The second-order valence-electron chi connectivity index (χ2n) is 12.9. The van der Waals surface area contributed by atoms with E-state index in [-0.39, 0.29) is 11.4 Å². The molecule has 13 rings (SSSR count). The number of rotatable bonds is 1. The van der Waals surface area contributed by atoms with E-state index < -0.39 is 0 Å². The first kappa shape index (κ1) is 13.6. The van der Waals surface area contributed by atoms with E-state index in [0.29, 0.717) is 5.41 Å². The molecule has 138 valence electrons. The molecule has 0 aliphatic heterocycles. The van der Waals surface area contributed by atoms with Gasteiger partial charge in [-0.25, -0.2) is 0 Å². The van der Waals surface area contributed by atoms with Gasteiger partial charge in [0.2, 0.25) is 0 Å². The number of esters is 1. The molecule has 8 atom stereocenters. The lowest BCUT2D eigenvalue weighted by atomic mass is 9.13. The lowest BCUT2D eigenvalue weighted by molar-refractivity contribution is -0.438. The topological polar surface area (TPSA) is 26.3 Å². The van der Waals surface area contributed by atoms with Gasteiger partial charge in [0.1, 0.15) is 0 Å². The minimum atomic E-state index is -0.0684. The molecule has 13 fully saturated rings. The number of methoxy groups -OCH3 is 1. The molecule has 2 nitrogen and oxygen atoms in total. The van der Waals surface area contributed by atoms with Crippen molar-refractivity contribution in [3.8, 4) is 0 Å². The van der Waals surface area contributed by atoms with Crippen molar-refractivity contribution < 1.29 is 9.53 Å². The monoisotopic (exact) mass is 350 g/mol. The van der Waals surface area contributed by atoms with Gasteiger partial charge in [-0.15, -0.1) is 0 Å². The molecule has 2 spiro atoms. The molecule has 0 aromatic rings. The van der Waals surface area contributed by atoms with Gasteiger partial charge < -0.3 is 4.74 Å². The molecular formula is C24H30O2. The standard InChI is InChI=1S/C24H30O2/c1-26-21(25)22-5-15-14-7-23-4-10-2-11-13-8-24(9-22,19(15)17(11)23)20(16(14)6-22)18(23)12(13)3-10/h10-20H,2-9H2,1H3. The van der Waals surface area contributed by atoms with E-state index in [1.165, 1.54) is 25.7 Å². The Bertz CT molecular complexity index is 758. The normalized spacial score (nSPS) is 76.4. The van der Waals surface area contributed by atoms with Crippen LogP contribution in [0.15, 0.2) is 0 Å². The highest BCUT2D eigenvalue weighted by molar-refractivity contribution is 5.78. The Morgan fingerprint density at radius 2 is 1.31 bits per heavy atom. The average molecular weight is 351 g/mol. The van der Waals surface area contributed by atoms with E-state index in [0.717, 1.165) is 70.5 Å². The molecule has 8 unspecified atom stereocenters.